The first-order valence-corrected chi connectivity index (χ1v) is 20.3. The Bertz CT molecular complexity index is 3800. The van der Waals surface area contributed by atoms with E-state index in [1.54, 1.807) is 11.3 Å². The summed E-state index contributed by atoms with van der Waals surface area (Å²) >= 11 is 1.77. The van der Waals surface area contributed by atoms with Gasteiger partial charge in [-0.05, 0) is 66.7 Å². The fourth-order valence-corrected chi connectivity index (χ4v) is 10.3. The Morgan fingerprint density at radius 1 is 0.431 bits per heavy atom. The van der Waals surface area contributed by atoms with E-state index in [2.05, 4.69) is 179 Å². The van der Waals surface area contributed by atoms with Crippen LogP contribution in [0.25, 0.3) is 120 Å². The Hall–Kier alpha value is -7.54. The summed E-state index contributed by atoms with van der Waals surface area (Å²) in [4.78, 5) is 10.8. The Morgan fingerprint density at radius 3 is 1.86 bits per heavy atom. The number of para-hydroxylation sites is 5. The number of fused-ring (bicyclic) bond motifs is 12. The SMILES string of the molecule is c1ccc(-c2nc(-c3cccc4c3oc3ccccc34)nc3c2sc2cc4c5ccccc5n(-c5ccc6c(c5)c5ccccc5n6-c5ccccc5)c4cc23)cc1. The maximum Gasteiger partial charge on any atom is 0.164 e. The predicted molar refractivity (Wildman–Crippen MR) is 242 cm³/mol. The van der Waals surface area contributed by atoms with Crippen molar-refractivity contribution in [2.45, 2.75) is 0 Å². The lowest BCUT2D eigenvalue weighted by Gasteiger charge is -2.10. The van der Waals surface area contributed by atoms with Gasteiger partial charge in [0.25, 0.3) is 0 Å². The van der Waals surface area contributed by atoms with Gasteiger partial charge in [0.1, 0.15) is 11.2 Å². The molecule has 0 spiro atoms. The summed E-state index contributed by atoms with van der Waals surface area (Å²) in [5.74, 6) is 0.650. The Kier molecular flexibility index (Phi) is 6.54. The lowest BCUT2D eigenvalue weighted by atomic mass is 10.1. The zero-order valence-electron chi connectivity index (χ0n) is 30.9. The maximum atomic E-state index is 6.52. The molecule has 270 valence electrons. The first-order chi connectivity index (χ1) is 28.8. The minimum atomic E-state index is 0.650. The van der Waals surface area contributed by atoms with Crippen molar-refractivity contribution in [1.29, 1.82) is 0 Å². The summed E-state index contributed by atoms with van der Waals surface area (Å²) in [5, 5.41) is 8.13. The molecular weight excluding hydrogens is 729 g/mol. The van der Waals surface area contributed by atoms with Gasteiger partial charge in [-0.15, -0.1) is 11.3 Å². The molecule has 0 saturated heterocycles. The van der Waals surface area contributed by atoms with Crippen LogP contribution in [0.4, 0.5) is 0 Å². The molecule has 0 radical (unpaired) electrons. The van der Waals surface area contributed by atoms with Crippen molar-refractivity contribution in [3.05, 3.63) is 182 Å². The van der Waals surface area contributed by atoms with Crippen LogP contribution in [-0.4, -0.2) is 19.1 Å². The van der Waals surface area contributed by atoms with Gasteiger partial charge in [0, 0.05) is 59.3 Å². The largest absolute Gasteiger partial charge is 0.455 e. The van der Waals surface area contributed by atoms with Crippen molar-refractivity contribution in [2.24, 2.45) is 0 Å². The first-order valence-electron chi connectivity index (χ1n) is 19.5. The van der Waals surface area contributed by atoms with E-state index < -0.39 is 0 Å². The van der Waals surface area contributed by atoms with Crippen LogP contribution in [-0.2, 0) is 0 Å². The average molecular weight is 759 g/mol. The van der Waals surface area contributed by atoms with E-state index in [0.717, 1.165) is 71.3 Å². The Balaban J connectivity index is 1.10. The minimum absolute atomic E-state index is 0.650. The predicted octanol–water partition coefficient (Wildman–Crippen LogP) is 14.3. The molecule has 0 unspecified atom stereocenters. The summed E-state index contributed by atoms with van der Waals surface area (Å²) < 4.78 is 13.6. The van der Waals surface area contributed by atoms with Crippen molar-refractivity contribution < 1.29 is 4.42 Å². The van der Waals surface area contributed by atoms with Crippen LogP contribution in [0.5, 0.6) is 0 Å². The molecule has 8 aromatic carbocycles. The van der Waals surface area contributed by atoms with Crippen LogP contribution in [0.15, 0.2) is 186 Å². The number of benzene rings is 8. The zero-order valence-corrected chi connectivity index (χ0v) is 31.7. The third-order valence-electron chi connectivity index (χ3n) is 11.7. The first kappa shape index (κ1) is 31.6. The highest BCUT2D eigenvalue weighted by Crippen LogP contribution is 2.45. The third-order valence-corrected chi connectivity index (χ3v) is 12.9. The second-order valence-electron chi connectivity index (χ2n) is 14.9. The monoisotopic (exact) mass is 758 g/mol. The highest BCUT2D eigenvalue weighted by atomic mass is 32.1. The minimum Gasteiger partial charge on any atom is -0.455 e. The number of nitrogens with zero attached hydrogens (tertiary/aromatic N) is 4. The molecule has 0 saturated carbocycles. The topological polar surface area (TPSA) is 48.8 Å². The Labute approximate surface area is 335 Å². The molecule has 13 rings (SSSR count). The second kappa shape index (κ2) is 12.0. The van der Waals surface area contributed by atoms with Crippen LogP contribution in [0.3, 0.4) is 0 Å². The summed E-state index contributed by atoms with van der Waals surface area (Å²) in [7, 11) is 0. The molecule has 0 atom stereocenters. The van der Waals surface area contributed by atoms with E-state index in [0.29, 0.717) is 5.82 Å². The van der Waals surface area contributed by atoms with Gasteiger partial charge in [-0.25, -0.2) is 9.97 Å². The number of furan rings is 1. The molecular formula is C52H30N4OS. The third kappa shape index (κ3) is 4.46. The highest BCUT2D eigenvalue weighted by Gasteiger charge is 2.22. The summed E-state index contributed by atoms with van der Waals surface area (Å²) in [5.41, 5.74) is 12.4. The van der Waals surface area contributed by atoms with Crippen LogP contribution < -0.4 is 0 Å². The summed E-state index contributed by atoms with van der Waals surface area (Å²) in [6.07, 6.45) is 0. The van der Waals surface area contributed by atoms with E-state index in [-0.39, 0.29) is 0 Å². The molecule has 0 aliphatic carbocycles. The van der Waals surface area contributed by atoms with Crippen molar-refractivity contribution in [3.8, 4) is 34.0 Å². The van der Waals surface area contributed by atoms with Gasteiger partial charge in [-0.1, -0.05) is 115 Å². The van der Waals surface area contributed by atoms with Gasteiger partial charge < -0.3 is 13.6 Å². The van der Waals surface area contributed by atoms with E-state index in [1.807, 2.05) is 12.1 Å². The molecule has 5 nitrogen and oxygen atoms in total. The number of thiophene rings is 1. The smallest absolute Gasteiger partial charge is 0.164 e. The van der Waals surface area contributed by atoms with Crippen molar-refractivity contribution >= 4 is 97.2 Å². The molecule has 0 fully saturated rings. The summed E-state index contributed by atoms with van der Waals surface area (Å²) in [6, 6.07) is 64.7. The van der Waals surface area contributed by atoms with Gasteiger partial charge in [0.2, 0.25) is 0 Å². The lowest BCUT2D eigenvalue weighted by Crippen LogP contribution is -1.96. The fourth-order valence-electron chi connectivity index (χ4n) is 9.17. The number of aromatic nitrogens is 4. The number of rotatable bonds is 4. The van der Waals surface area contributed by atoms with Gasteiger partial charge >= 0.3 is 0 Å². The maximum absolute atomic E-state index is 6.52. The molecule has 0 bridgehead atoms. The van der Waals surface area contributed by atoms with E-state index in [1.165, 1.54) is 42.8 Å². The molecule has 5 heterocycles. The number of hydrogen-bond acceptors (Lipinski definition) is 4. The van der Waals surface area contributed by atoms with Crippen LogP contribution in [0.1, 0.15) is 0 Å². The molecule has 0 amide bonds. The molecule has 13 aromatic rings. The normalized spacial score (nSPS) is 12.1. The van der Waals surface area contributed by atoms with Gasteiger partial charge in [0.15, 0.2) is 5.82 Å². The standard InChI is InChI=1S/C52H30N4OS/c1-3-14-31(15-4-1)48-51-49(54-52(53-48)38-22-13-21-37-36-20-9-12-25-46(36)57-50(37)38)41-29-45-40(30-47(41)58-51)35-19-8-11-24-43(35)56(45)33-26-27-44-39(28-33)34-18-7-10-23-42(34)55(44)32-16-5-2-6-17-32/h1-30H. The molecule has 0 N–H and O–H groups in total. The van der Waals surface area contributed by atoms with Gasteiger partial charge in [0.05, 0.1) is 43.5 Å². The summed E-state index contributed by atoms with van der Waals surface area (Å²) in [6.45, 7) is 0. The Morgan fingerprint density at radius 2 is 1.07 bits per heavy atom. The number of hydrogen-bond donors (Lipinski definition) is 0. The highest BCUT2D eigenvalue weighted by molar-refractivity contribution is 7.26. The lowest BCUT2D eigenvalue weighted by molar-refractivity contribution is 0.669. The van der Waals surface area contributed by atoms with E-state index in [4.69, 9.17) is 14.4 Å². The molecule has 5 aromatic heterocycles. The van der Waals surface area contributed by atoms with Crippen LogP contribution >= 0.6 is 11.3 Å². The molecule has 0 aliphatic heterocycles. The van der Waals surface area contributed by atoms with Gasteiger partial charge in [-0.2, -0.15) is 0 Å². The second-order valence-corrected chi connectivity index (χ2v) is 16.0. The van der Waals surface area contributed by atoms with Crippen LogP contribution in [0, 0.1) is 0 Å². The fraction of sp³-hybridized carbons (Fsp3) is 0. The van der Waals surface area contributed by atoms with Crippen LogP contribution in [0.2, 0.25) is 0 Å². The van der Waals surface area contributed by atoms with E-state index in [9.17, 15) is 0 Å². The molecule has 58 heavy (non-hydrogen) atoms. The van der Waals surface area contributed by atoms with Crippen molar-refractivity contribution in [1.82, 2.24) is 19.1 Å². The van der Waals surface area contributed by atoms with Gasteiger partial charge in [-0.3, -0.25) is 0 Å². The molecule has 0 aliphatic rings. The van der Waals surface area contributed by atoms with E-state index >= 15 is 0 Å². The average Bonchev–Trinajstić information content (AvgIpc) is 4.03. The van der Waals surface area contributed by atoms with Crippen molar-refractivity contribution in [3.63, 3.8) is 0 Å². The quantitative estimate of drug-likeness (QED) is 0.180. The molecule has 6 heteroatoms. The zero-order chi connectivity index (χ0) is 37.9. The van der Waals surface area contributed by atoms with Crippen molar-refractivity contribution in [2.75, 3.05) is 0 Å².